The van der Waals surface area contributed by atoms with Crippen LogP contribution in [0.25, 0.3) is 0 Å². The molecule has 1 aromatic carbocycles. The standard InChI is InChI=1S/C14H16N5S/c1-4-10-19(5-2)13-8-6-12(7-9-13)16-17-14-18(3)11-15-20-14/h1,6-9,11H,5,10H2,2-3H3/q+1. The summed E-state index contributed by atoms with van der Waals surface area (Å²) in [5.74, 6) is 2.66. The molecule has 0 aliphatic carbocycles. The molecule has 0 aliphatic heterocycles. The van der Waals surface area contributed by atoms with Gasteiger partial charge >= 0.3 is 5.13 Å². The van der Waals surface area contributed by atoms with Gasteiger partial charge in [0.1, 0.15) is 17.2 Å². The molecular formula is C14H16N5S+. The first-order valence-corrected chi connectivity index (χ1v) is 7.02. The van der Waals surface area contributed by atoms with E-state index in [0.717, 1.165) is 23.1 Å². The van der Waals surface area contributed by atoms with Crippen LogP contribution in [0.3, 0.4) is 0 Å². The normalized spacial score (nSPS) is 10.7. The topological polar surface area (TPSA) is 44.7 Å². The highest BCUT2D eigenvalue weighted by molar-refractivity contribution is 7.08. The second-order valence-electron chi connectivity index (χ2n) is 4.14. The van der Waals surface area contributed by atoms with Crippen LogP contribution in [0, 0.1) is 12.3 Å². The van der Waals surface area contributed by atoms with Crippen molar-refractivity contribution in [3.05, 3.63) is 30.6 Å². The summed E-state index contributed by atoms with van der Waals surface area (Å²) in [4.78, 5) is 2.12. The van der Waals surface area contributed by atoms with Gasteiger partial charge in [-0.1, -0.05) is 11.0 Å². The van der Waals surface area contributed by atoms with Gasteiger partial charge in [0.25, 0.3) is 0 Å². The fourth-order valence-corrected chi connectivity index (χ4v) is 2.21. The van der Waals surface area contributed by atoms with Crippen molar-refractivity contribution >= 4 is 28.0 Å². The van der Waals surface area contributed by atoms with Crippen molar-refractivity contribution in [2.75, 3.05) is 18.0 Å². The van der Waals surface area contributed by atoms with Crippen molar-refractivity contribution in [1.29, 1.82) is 0 Å². The molecule has 0 aliphatic rings. The molecule has 2 aromatic rings. The summed E-state index contributed by atoms with van der Waals surface area (Å²) in [7, 11) is 1.89. The fourth-order valence-electron chi connectivity index (χ4n) is 1.67. The van der Waals surface area contributed by atoms with E-state index in [4.69, 9.17) is 6.42 Å². The molecule has 5 nitrogen and oxygen atoms in total. The van der Waals surface area contributed by atoms with E-state index in [1.54, 1.807) is 6.33 Å². The summed E-state index contributed by atoms with van der Waals surface area (Å²) in [6, 6.07) is 7.86. The van der Waals surface area contributed by atoms with E-state index in [1.807, 2.05) is 35.9 Å². The maximum Gasteiger partial charge on any atom is 0.378 e. The van der Waals surface area contributed by atoms with Gasteiger partial charge in [0.15, 0.2) is 0 Å². The van der Waals surface area contributed by atoms with E-state index in [2.05, 4.69) is 32.3 Å². The highest BCUT2D eigenvalue weighted by atomic mass is 32.1. The molecule has 0 N–H and O–H groups in total. The van der Waals surface area contributed by atoms with Crippen LogP contribution in [0.5, 0.6) is 0 Å². The third-order valence-electron chi connectivity index (χ3n) is 2.79. The molecule has 0 unspecified atom stereocenters. The van der Waals surface area contributed by atoms with Gasteiger partial charge < -0.3 is 4.90 Å². The van der Waals surface area contributed by atoms with Gasteiger partial charge in [-0.2, -0.15) is 0 Å². The molecule has 0 atom stereocenters. The Morgan fingerprint density at radius 3 is 2.65 bits per heavy atom. The van der Waals surface area contributed by atoms with Crippen LogP contribution in [0.4, 0.5) is 16.5 Å². The highest BCUT2D eigenvalue weighted by Crippen LogP contribution is 2.21. The van der Waals surface area contributed by atoms with E-state index in [1.165, 1.54) is 11.5 Å². The van der Waals surface area contributed by atoms with Crippen molar-refractivity contribution < 1.29 is 4.57 Å². The molecule has 0 saturated carbocycles. The molecule has 0 saturated heterocycles. The second-order valence-corrected chi connectivity index (χ2v) is 4.90. The number of rotatable bonds is 5. The van der Waals surface area contributed by atoms with Crippen LogP contribution in [-0.4, -0.2) is 17.5 Å². The van der Waals surface area contributed by atoms with Crippen LogP contribution in [0.1, 0.15) is 6.92 Å². The Labute approximate surface area is 122 Å². The van der Waals surface area contributed by atoms with E-state index >= 15 is 0 Å². The monoisotopic (exact) mass is 286 g/mol. The Hall–Kier alpha value is -2.26. The Bertz CT molecular complexity index is 624. The number of hydrogen-bond donors (Lipinski definition) is 0. The van der Waals surface area contributed by atoms with Gasteiger partial charge in [-0.05, 0) is 35.6 Å². The number of azo groups is 1. The average Bonchev–Trinajstić information content (AvgIpc) is 2.89. The zero-order chi connectivity index (χ0) is 14.4. The number of terminal acetylenes is 1. The lowest BCUT2D eigenvalue weighted by molar-refractivity contribution is -0.656. The first-order chi connectivity index (χ1) is 9.74. The Morgan fingerprint density at radius 2 is 2.10 bits per heavy atom. The van der Waals surface area contributed by atoms with Crippen LogP contribution >= 0.6 is 11.5 Å². The zero-order valence-electron chi connectivity index (χ0n) is 11.5. The fraction of sp³-hybridized carbons (Fsp3) is 0.286. The summed E-state index contributed by atoms with van der Waals surface area (Å²) < 4.78 is 5.86. The number of anilines is 1. The van der Waals surface area contributed by atoms with Crippen molar-refractivity contribution in [2.45, 2.75) is 6.92 Å². The molecule has 6 heteroatoms. The van der Waals surface area contributed by atoms with Crippen LogP contribution in [-0.2, 0) is 7.05 Å². The number of nitrogens with zero attached hydrogens (tertiary/aromatic N) is 5. The summed E-state index contributed by atoms with van der Waals surface area (Å²) in [6.45, 7) is 3.56. The van der Waals surface area contributed by atoms with Gasteiger partial charge in [0.2, 0.25) is 6.33 Å². The molecule has 20 heavy (non-hydrogen) atoms. The Balaban J connectivity index is 2.11. The van der Waals surface area contributed by atoms with Gasteiger partial charge in [0.05, 0.1) is 13.6 Å². The van der Waals surface area contributed by atoms with E-state index in [9.17, 15) is 0 Å². The summed E-state index contributed by atoms with van der Waals surface area (Å²) in [5.41, 5.74) is 1.90. The van der Waals surface area contributed by atoms with Crippen molar-refractivity contribution in [3.8, 4) is 12.3 Å². The lowest BCUT2D eigenvalue weighted by Crippen LogP contribution is -2.23. The Morgan fingerprint density at radius 1 is 1.35 bits per heavy atom. The molecule has 0 fully saturated rings. The van der Waals surface area contributed by atoms with E-state index < -0.39 is 0 Å². The van der Waals surface area contributed by atoms with Gasteiger partial charge in [-0.3, -0.25) is 0 Å². The van der Waals surface area contributed by atoms with E-state index in [0.29, 0.717) is 6.54 Å². The van der Waals surface area contributed by atoms with Crippen molar-refractivity contribution in [2.24, 2.45) is 17.3 Å². The average molecular weight is 286 g/mol. The zero-order valence-corrected chi connectivity index (χ0v) is 12.3. The first kappa shape index (κ1) is 14.2. The molecular weight excluding hydrogens is 270 g/mol. The van der Waals surface area contributed by atoms with Crippen LogP contribution < -0.4 is 9.47 Å². The minimum absolute atomic E-state index is 0.605. The number of aryl methyl sites for hydroxylation is 1. The van der Waals surface area contributed by atoms with Gasteiger partial charge in [0, 0.05) is 17.3 Å². The van der Waals surface area contributed by atoms with Crippen LogP contribution in [0.15, 0.2) is 40.8 Å². The third-order valence-corrected chi connectivity index (χ3v) is 3.52. The largest absolute Gasteiger partial charge is 0.378 e. The quantitative estimate of drug-likeness (QED) is 0.482. The molecule has 0 amide bonds. The maximum absolute atomic E-state index is 5.36. The molecule has 0 bridgehead atoms. The van der Waals surface area contributed by atoms with Crippen molar-refractivity contribution in [1.82, 2.24) is 4.37 Å². The minimum Gasteiger partial charge on any atom is -0.361 e. The number of benzene rings is 1. The van der Waals surface area contributed by atoms with Gasteiger partial charge in [-0.25, -0.2) is 4.57 Å². The SMILES string of the molecule is C#CCN(CC)c1ccc(/N=N/c2snc[n+]2C)cc1. The van der Waals surface area contributed by atoms with Crippen molar-refractivity contribution in [3.63, 3.8) is 0 Å². The summed E-state index contributed by atoms with van der Waals surface area (Å²) in [6.07, 6.45) is 7.07. The maximum atomic E-state index is 5.36. The van der Waals surface area contributed by atoms with Crippen LogP contribution in [0.2, 0.25) is 0 Å². The van der Waals surface area contributed by atoms with Gasteiger partial charge in [-0.15, -0.1) is 6.42 Å². The molecule has 0 radical (unpaired) electrons. The lowest BCUT2D eigenvalue weighted by atomic mass is 10.2. The second kappa shape index (κ2) is 6.78. The third kappa shape index (κ3) is 3.39. The smallest absolute Gasteiger partial charge is 0.361 e. The summed E-state index contributed by atoms with van der Waals surface area (Å²) in [5, 5.41) is 9.12. The minimum atomic E-state index is 0.605. The highest BCUT2D eigenvalue weighted by Gasteiger charge is 2.07. The molecule has 102 valence electrons. The predicted octanol–water partition coefficient (Wildman–Crippen LogP) is 2.84. The number of hydrogen-bond acceptors (Lipinski definition) is 5. The predicted molar refractivity (Wildman–Crippen MR) is 80.6 cm³/mol. The molecule has 0 spiro atoms. The summed E-state index contributed by atoms with van der Waals surface area (Å²) >= 11 is 1.31. The molecule has 1 aromatic heterocycles. The molecule has 1 heterocycles. The first-order valence-electron chi connectivity index (χ1n) is 6.25. The van der Waals surface area contributed by atoms with E-state index in [-0.39, 0.29) is 0 Å². The Kier molecular flexibility index (Phi) is 4.80. The molecule has 2 rings (SSSR count). The lowest BCUT2D eigenvalue weighted by Gasteiger charge is -2.19. The number of aromatic nitrogens is 2.